The van der Waals surface area contributed by atoms with Crippen LogP contribution in [0.15, 0.2) is 33.4 Å². The predicted octanol–water partition coefficient (Wildman–Crippen LogP) is 9.30. The van der Waals surface area contributed by atoms with Crippen molar-refractivity contribution in [1.29, 1.82) is 0 Å². The maximum absolute atomic E-state index is 12.8. The average molecular weight is 850 g/mol. The molecule has 0 unspecified atom stereocenters. The topological polar surface area (TPSA) is 193 Å². The zero-order valence-electron chi connectivity index (χ0n) is 38.0. The smallest absolute Gasteiger partial charge is 0.307 e. The highest BCUT2D eigenvalue weighted by molar-refractivity contribution is 5.90. The Kier molecular flexibility index (Phi) is 19.3. The molecule has 2 atom stereocenters. The minimum atomic E-state index is -0.562. The highest BCUT2D eigenvalue weighted by atomic mass is 16.6. The molecule has 3 aromatic rings. The standard InChI is InChI=1S/C26H38N4O4.C20H33N3O4/c1-26(2,3)33-22(31)17-20(14-10-13-19-11-6-5-7-12-19)24-28-23(29-34-24)25(32)30(4)18-21-15-8-9-16-27-21;1-20(2,3)26-16(24)13-15(12-8-11-14-9-6-5-7-10-14)19-22-17(23-27-19)18(25)21-4/h8-9,15-16,19-20H,5-7,10-14,17-18H2,1-4H3;14-15H,5-13H2,1-4H3,(H,21,25)/t20-;15-/m11/s1. The van der Waals surface area contributed by atoms with Crippen LogP contribution in [-0.2, 0) is 25.6 Å². The zero-order valence-corrected chi connectivity index (χ0v) is 38.0. The lowest BCUT2D eigenvalue weighted by atomic mass is 9.84. The summed E-state index contributed by atoms with van der Waals surface area (Å²) < 4.78 is 21.8. The highest BCUT2D eigenvalue weighted by Gasteiger charge is 2.30. The van der Waals surface area contributed by atoms with Crippen LogP contribution in [0.4, 0.5) is 0 Å². The molecule has 3 aromatic heterocycles. The molecule has 0 aromatic carbocycles. The van der Waals surface area contributed by atoms with Gasteiger partial charge in [0.05, 0.1) is 25.1 Å². The van der Waals surface area contributed by atoms with Gasteiger partial charge in [-0.3, -0.25) is 24.2 Å². The third kappa shape index (κ3) is 18.1. The van der Waals surface area contributed by atoms with Crippen molar-refractivity contribution in [3.8, 4) is 0 Å². The van der Waals surface area contributed by atoms with Gasteiger partial charge in [-0.1, -0.05) is 106 Å². The van der Waals surface area contributed by atoms with Gasteiger partial charge in [-0.05, 0) is 78.4 Å². The lowest BCUT2D eigenvalue weighted by molar-refractivity contribution is -0.156. The Labute approximate surface area is 362 Å². The number of hydrogen-bond acceptors (Lipinski definition) is 13. The fraction of sp³-hybridized carbons (Fsp3) is 0.717. The summed E-state index contributed by atoms with van der Waals surface area (Å²) in [5, 5.41) is 10.1. The van der Waals surface area contributed by atoms with Gasteiger partial charge in [0.15, 0.2) is 0 Å². The van der Waals surface area contributed by atoms with Crippen molar-refractivity contribution >= 4 is 23.8 Å². The molecular formula is C46H71N7O8. The quantitative estimate of drug-likeness (QED) is 0.119. The van der Waals surface area contributed by atoms with E-state index in [0.29, 0.717) is 18.3 Å². The second-order valence-electron chi connectivity index (χ2n) is 18.8. The number of rotatable bonds is 18. The number of hydrogen-bond donors (Lipinski definition) is 1. The van der Waals surface area contributed by atoms with E-state index < -0.39 is 17.1 Å². The number of ether oxygens (including phenoxy) is 2. The van der Waals surface area contributed by atoms with Crippen molar-refractivity contribution in [2.75, 3.05) is 14.1 Å². The number of nitrogens with one attached hydrogen (secondary N) is 1. The van der Waals surface area contributed by atoms with Crippen LogP contribution in [0, 0.1) is 11.8 Å². The summed E-state index contributed by atoms with van der Waals surface area (Å²) in [4.78, 5) is 63.8. The maximum Gasteiger partial charge on any atom is 0.307 e. The van der Waals surface area contributed by atoms with Gasteiger partial charge in [0.1, 0.15) is 11.2 Å². The lowest BCUT2D eigenvalue weighted by Crippen LogP contribution is -2.27. The Balaban J connectivity index is 0.000000276. The molecule has 61 heavy (non-hydrogen) atoms. The molecule has 2 fully saturated rings. The van der Waals surface area contributed by atoms with E-state index in [1.807, 2.05) is 59.7 Å². The minimum Gasteiger partial charge on any atom is -0.460 e. The number of pyridine rings is 1. The van der Waals surface area contributed by atoms with Gasteiger partial charge in [-0.25, -0.2) is 0 Å². The second kappa shape index (κ2) is 24.1. The van der Waals surface area contributed by atoms with Gasteiger partial charge in [-0.15, -0.1) is 0 Å². The molecule has 0 spiro atoms. The van der Waals surface area contributed by atoms with E-state index in [9.17, 15) is 19.2 Å². The minimum absolute atomic E-state index is 0.00472. The molecule has 5 rings (SSSR count). The number of aromatic nitrogens is 5. The molecule has 0 aliphatic heterocycles. The highest BCUT2D eigenvalue weighted by Crippen LogP contribution is 2.33. The van der Waals surface area contributed by atoms with Gasteiger partial charge in [0, 0.05) is 32.1 Å². The summed E-state index contributed by atoms with van der Waals surface area (Å²) in [5.74, 6) is 0.362. The summed E-state index contributed by atoms with van der Waals surface area (Å²) in [5.41, 5.74) is -0.327. The molecule has 15 nitrogen and oxygen atoms in total. The van der Waals surface area contributed by atoms with Crippen molar-refractivity contribution in [3.63, 3.8) is 0 Å². The van der Waals surface area contributed by atoms with E-state index in [1.54, 1.807) is 13.2 Å². The molecule has 15 heteroatoms. The van der Waals surface area contributed by atoms with Crippen LogP contribution in [0.2, 0.25) is 0 Å². The van der Waals surface area contributed by atoms with Crippen LogP contribution in [0.3, 0.4) is 0 Å². The Hall–Kier alpha value is -4.69. The van der Waals surface area contributed by atoms with Gasteiger partial charge >= 0.3 is 11.9 Å². The SMILES string of the molecule is CN(Cc1ccccn1)C(=O)c1noc([C@H](CCCC2CCCCC2)CC(=O)OC(C)(C)C)n1.CNC(=O)c1noc([C@H](CCCC2CCCCC2)CC(=O)OC(C)(C)C)n1. The Bertz CT molecular complexity index is 1790. The first-order valence-corrected chi connectivity index (χ1v) is 22.5. The first kappa shape index (κ1) is 49.0. The van der Waals surface area contributed by atoms with Crippen molar-refractivity contribution < 1.29 is 37.7 Å². The van der Waals surface area contributed by atoms with Crippen molar-refractivity contribution in [3.05, 3.63) is 53.5 Å². The maximum atomic E-state index is 12.8. The van der Waals surface area contributed by atoms with Gasteiger partial charge in [-0.2, -0.15) is 9.97 Å². The third-order valence-corrected chi connectivity index (χ3v) is 11.1. The Morgan fingerprint density at radius 2 is 1.21 bits per heavy atom. The third-order valence-electron chi connectivity index (χ3n) is 11.1. The number of carbonyl (C=O) groups is 4. The van der Waals surface area contributed by atoms with Gasteiger partial charge in [0.2, 0.25) is 11.8 Å². The van der Waals surface area contributed by atoms with Crippen LogP contribution in [-0.4, -0.2) is 79.2 Å². The molecule has 2 amide bonds. The van der Waals surface area contributed by atoms with Gasteiger partial charge < -0.3 is 28.7 Å². The summed E-state index contributed by atoms with van der Waals surface area (Å²) in [6.45, 7) is 11.4. The number of esters is 2. The molecule has 2 aliphatic rings. The first-order chi connectivity index (χ1) is 29.0. The van der Waals surface area contributed by atoms with E-state index in [2.05, 4.69) is 30.6 Å². The second-order valence-corrected chi connectivity index (χ2v) is 18.8. The number of amides is 2. The lowest BCUT2D eigenvalue weighted by Gasteiger charge is -2.23. The molecule has 2 aliphatic carbocycles. The van der Waals surface area contributed by atoms with Crippen LogP contribution < -0.4 is 5.32 Å². The van der Waals surface area contributed by atoms with Crippen molar-refractivity contribution in [2.24, 2.45) is 11.8 Å². The fourth-order valence-electron chi connectivity index (χ4n) is 8.12. The van der Waals surface area contributed by atoms with Crippen LogP contribution >= 0.6 is 0 Å². The monoisotopic (exact) mass is 850 g/mol. The molecule has 0 saturated heterocycles. The summed E-state index contributed by atoms with van der Waals surface area (Å²) in [6.07, 6.45) is 20.9. The molecule has 2 saturated carbocycles. The van der Waals surface area contributed by atoms with E-state index in [-0.39, 0.29) is 54.2 Å². The Morgan fingerprint density at radius 3 is 1.66 bits per heavy atom. The summed E-state index contributed by atoms with van der Waals surface area (Å²) in [7, 11) is 3.19. The number of carbonyl (C=O) groups excluding carboxylic acids is 4. The predicted molar refractivity (Wildman–Crippen MR) is 229 cm³/mol. The molecule has 0 radical (unpaired) electrons. The normalized spacial score (nSPS) is 16.1. The van der Waals surface area contributed by atoms with E-state index >= 15 is 0 Å². The largest absolute Gasteiger partial charge is 0.460 e. The van der Waals surface area contributed by atoms with E-state index in [4.69, 9.17) is 18.5 Å². The fourth-order valence-corrected chi connectivity index (χ4v) is 8.12. The van der Waals surface area contributed by atoms with Crippen molar-refractivity contribution in [2.45, 2.75) is 187 Å². The summed E-state index contributed by atoms with van der Waals surface area (Å²) in [6, 6.07) is 5.56. The molecular weight excluding hydrogens is 779 g/mol. The zero-order chi connectivity index (χ0) is 44.4. The van der Waals surface area contributed by atoms with E-state index in [0.717, 1.165) is 56.1 Å². The number of nitrogens with zero attached hydrogens (tertiary/aromatic N) is 6. The first-order valence-electron chi connectivity index (χ1n) is 22.5. The molecule has 3 heterocycles. The Morgan fingerprint density at radius 1 is 0.738 bits per heavy atom. The van der Waals surface area contributed by atoms with Crippen LogP contribution in [0.5, 0.6) is 0 Å². The molecule has 0 bridgehead atoms. The molecule has 1 N–H and O–H groups in total. The average Bonchev–Trinajstić information content (AvgIpc) is 3.91. The van der Waals surface area contributed by atoms with Crippen LogP contribution in [0.25, 0.3) is 0 Å². The summed E-state index contributed by atoms with van der Waals surface area (Å²) >= 11 is 0. The van der Waals surface area contributed by atoms with Crippen molar-refractivity contribution in [1.82, 2.24) is 35.5 Å². The molecule has 338 valence electrons. The van der Waals surface area contributed by atoms with Crippen LogP contribution in [0.1, 0.15) is 208 Å². The van der Waals surface area contributed by atoms with E-state index in [1.165, 1.54) is 76.2 Å². The van der Waals surface area contributed by atoms with Gasteiger partial charge in [0.25, 0.3) is 23.5 Å².